The molecule has 0 saturated heterocycles. The minimum absolute atomic E-state index is 0.00398. The quantitative estimate of drug-likeness (QED) is 0.874. The average molecular weight is 289 g/mol. The molecule has 0 unspecified atom stereocenters. The number of aromatic amines is 1. The number of carbonyl (C=O) groups is 1. The maximum absolute atomic E-state index is 12.1. The van der Waals surface area contributed by atoms with Crippen LogP contribution in [0.15, 0.2) is 29.1 Å². The Labute approximate surface area is 122 Å². The van der Waals surface area contributed by atoms with Gasteiger partial charge in [-0.15, -0.1) is 0 Å². The molecular weight excluding hydrogens is 270 g/mol. The van der Waals surface area contributed by atoms with Crippen molar-refractivity contribution in [1.82, 2.24) is 20.2 Å². The number of carbonyl (C=O) groups excluding carboxylic acids is 1. The van der Waals surface area contributed by atoms with E-state index in [1.54, 1.807) is 24.3 Å². The summed E-state index contributed by atoms with van der Waals surface area (Å²) in [7, 11) is 0. The Morgan fingerprint density at radius 1 is 1.33 bits per heavy atom. The highest BCUT2D eigenvalue weighted by Gasteiger charge is 2.18. The van der Waals surface area contributed by atoms with Crippen LogP contribution in [0, 0.1) is 11.8 Å². The normalized spacial score (nSPS) is 13.7. The first-order valence-corrected chi connectivity index (χ1v) is 6.94. The van der Waals surface area contributed by atoms with E-state index in [4.69, 9.17) is 0 Å². The van der Waals surface area contributed by atoms with Crippen molar-refractivity contribution in [2.45, 2.75) is 27.2 Å². The van der Waals surface area contributed by atoms with Crippen LogP contribution in [-0.4, -0.2) is 26.1 Å². The van der Waals surface area contributed by atoms with Crippen molar-refractivity contribution in [3.63, 3.8) is 0 Å². The van der Waals surface area contributed by atoms with Crippen LogP contribution < -0.4 is 11.0 Å². The smallest absolute Gasteiger partial charge is 0.326 e. The van der Waals surface area contributed by atoms with Gasteiger partial charge in [-0.05, 0) is 40.6 Å². The molecule has 7 nitrogen and oxygen atoms in total. The number of hydrogen-bond acceptors (Lipinski definition) is 4. The van der Waals surface area contributed by atoms with E-state index in [1.165, 1.54) is 0 Å². The van der Waals surface area contributed by atoms with E-state index in [1.807, 2.05) is 6.92 Å². The Hall–Kier alpha value is -2.44. The number of anilines is 1. The highest BCUT2D eigenvalue weighted by Crippen LogP contribution is 2.18. The van der Waals surface area contributed by atoms with Crippen LogP contribution in [0.3, 0.4) is 0 Å². The van der Waals surface area contributed by atoms with Crippen molar-refractivity contribution in [2.75, 3.05) is 5.32 Å². The number of tetrazole rings is 1. The Morgan fingerprint density at radius 3 is 2.52 bits per heavy atom. The maximum atomic E-state index is 12.1. The molecule has 0 aliphatic rings. The molecule has 2 rings (SSSR count). The van der Waals surface area contributed by atoms with Gasteiger partial charge in [-0.1, -0.05) is 27.2 Å². The summed E-state index contributed by atoms with van der Waals surface area (Å²) in [4.78, 5) is 23.5. The molecule has 2 aromatic rings. The summed E-state index contributed by atoms with van der Waals surface area (Å²) in [5, 5.41) is 12.2. The zero-order valence-electron chi connectivity index (χ0n) is 12.3. The Kier molecular flexibility index (Phi) is 4.52. The Balaban J connectivity index is 2.08. The number of amides is 1. The van der Waals surface area contributed by atoms with E-state index >= 15 is 0 Å². The largest absolute Gasteiger partial charge is 0.365 e. The van der Waals surface area contributed by atoms with E-state index in [2.05, 4.69) is 34.7 Å². The van der Waals surface area contributed by atoms with Crippen LogP contribution in [0.1, 0.15) is 27.2 Å². The standard InChI is InChI=1S/C14H19N5O2/c1-4-9(2)10(3)13(20)15-11-5-7-12(8-6-11)19-14(21)16-17-18-19/h5-10H,4H2,1-3H3,(H,15,20)(H,16,18,21)/t9-,10-/m0/s1. The first-order chi connectivity index (χ1) is 10.0. The van der Waals surface area contributed by atoms with E-state index < -0.39 is 5.69 Å². The lowest BCUT2D eigenvalue weighted by molar-refractivity contribution is -0.120. The van der Waals surface area contributed by atoms with Crippen LogP contribution >= 0.6 is 0 Å². The molecule has 21 heavy (non-hydrogen) atoms. The number of aromatic nitrogens is 4. The lowest BCUT2D eigenvalue weighted by atomic mass is 9.93. The van der Waals surface area contributed by atoms with E-state index in [-0.39, 0.29) is 11.8 Å². The molecule has 0 aliphatic carbocycles. The molecule has 0 fully saturated rings. The van der Waals surface area contributed by atoms with Crippen LogP contribution in [-0.2, 0) is 4.79 Å². The summed E-state index contributed by atoms with van der Waals surface area (Å²) < 4.78 is 1.15. The van der Waals surface area contributed by atoms with Crippen LogP contribution in [0.2, 0.25) is 0 Å². The van der Waals surface area contributed by atoms with E-state index in [0.717, 1.165) is 11.1 Å². The second kappa shape index (κ2) is 6.34. The third-order valence-corrected chi connectivity index (χ3v) is 3.76. The van der Waals surface area contributed by atoms with Gasteiger partial charge in [0.15, 0.2) is 0 Å². The van der Waals surface area contributed by atoms with Gasteiger partial charge in [-0.2, -0.15) is 4.68 Å². The van der Waals surface area contributed by atoms with Crippen molar-refractivity contribution in [3.05, 3.63) is 34.7 Å². The first kappa shape index (κ1) is 15.0. The fourth-order valence-corrected chi connectivity index (χ4v) is 1.92. The van der Waals surface area contributed by atoms with Gasteiger partial charge < -0.3 is 5.32 Å². The van der Waals surface area contributed by atoms with Gasteiger partial charge in [0.05, 0.1) is 5.69 Å². The lowest BCUT2D eigenvalue weighted by Crippen LogP contribution is -2.25. The van der Waals surface area contributed by atoms with E-state index in [0.29, 0.717) is 17.3 Å². The number of benzene rings is 1. The van der Waals surface area contributed by atoms with Crippen LogP contribution in [0.4, 0.5) is 5.69 Å². The van der Waals surface area contributed by atoms with Gasteiger partial charge in [0, 0.05) is 11.6 Å². The fourth-order valence-electron chi connectivity index (χ4n) is 1.92. The second-order valence-electron chi connectivity index (χ2n) is 5.13. The van der Waals surface area contributed by atoms with Gasteiger partial charge in [-0.25, -0.2) is 9.89 Å². The molecule has 1 amide bonds. The first-order valence-electron chi connectivity index (χ1n) is 6.94. The van der Waals surface area contributed by atoms with Crippen molar-refractivity contribution >= 4 is 11.6 Å². The number of hydrogen-bond donors (Lipinski definition) is 2. The molecule has 1 aromatic heterocycles. The molecule has 0 spiro atoms. The highest BCUT2D eigenvalue weighted by atomic mass is 16.2. The van der Waals surface area contributed by atoms with Crippen LogP contribution in [0.5, 0.6) is 0 Å². The number of nitrogens with one attached hydrogen (secondary N) is 2. The van der Waals surface area contributed by atoms with E-state index in [9.17, 15) is 9.59 Å². The summed E-state index contributed by atoms with van der Waals surface area (Å²) >= 11 is 0. The summed E-state index contributed by atoms with van der Waals surface area (Å²) in [6.45, 7) is 6.05. The zero-order valence-corrected chi connectivity index (χ0v) is 12.3. The van der Waals surface area contributed by atoms with Crippen molar-refractivity contribution in [3.8, 4) is 5.69 Å². The number of rotatable bonds is 5. The molecule has 0 bridgehead atoms. The molecule has 2 atom stereocenters. The monoisotopic (exact) mass is 289 g/mol. The molecule has 0 radical (unpaired) electrons. The molecule has 1 heterocycles. The molecule has 7 heteroatoms. The third kappa shape index (κ3) is 3.36. The van der Waals surface area contributed by atoms with Gasteiger partial charge in [0.2, 0.25) is 5.91 Å². The fraction of sp³-hybridized carbons (Fsp3) is 0.429. The number of nitrogens with zero attached hydrogens (tertiary/aromatic N) is 3. The van der Waals surface area contributed by atoms with Gasteiger partial charge >= 0.3 is 5.69 Å². The summed E-state index contributed by atoms with van der Waals surface area (Å²) in [5.41, 5.74) is 0.870. The summed E-state index contributed by atoms with van der Waals surface area (Å²) in [6.07, 6.45) is 0.961. The van der Waals surface area contributed by atoms with Crippen molar-refractivity contribution < 1.29 is 4.79 Å². The molecular formula is C14H19N5O2. The second-order valence-corrected chi connectivity index (χ2v) is 5.13. The van der Waals surface area contributed by atoms with Gasteiger partial charge in [-0.3, -0.25) is 4.79 Å². The highest BCUT2D eigenvalue weighted by molar-refractivity contribution is 5.92. The molecule has 0 saturated carbocycles. The molecule has 2 N–H and O–H groups in total. The van der Waals surface area contributed by atoms with Crippen LogP contribution in [0.25, 0.3) is 5.69 Å². The summed E-state index contributed by atoms with van der Waals surface area (Å²) in [5.74, 6) is 0.279. The molecule has 112 valence electrons. The average Bonchev–Trinajstić information content (AvgIpc) is 2.92. The van der Waals surface area contributed by atoms with Gasteiger partial charge in [0.1, 0.15) is 0 Å². The van der Waals surface area contributed by atoms with Gasteiger partial charge in [0.25, 0.3) is 0 Å². The third-order valence-electron chi connectivity index (χ3n) is 3.76. The van der Waals surface area contributed by atoms with Crippen molar-refractivity contribution in [2.24, 2.45) is 11.8 Å². The minimum atomic E-state index is -0.405. The predicted molar refractivity (Wildman–Crippen MR) is 79.2 cm³/mol. The zero-order chi connectivity index (χ0) is 15.4. The minimum Gasteiger partial charge on any atom is -0.326 e. The topological polar surface area (TPSA) is 92.7 Å². The maximum Gasteiger partial charge on any atom is 0.365 e. The summed E-state index contributed by atoms with van der Waals surface area (Å²) in [6, 6.07) is 6.87. The van der Waals surface area contributed by atoms with Crippen molar-refractivity contribution in [1.29, 1.82) is 0 Å². The lowest BCUT2D eigenvalue weighted by Gasteiger charge is -2.17. The Morgan fingerprint density at radius 2 is 2.00 bits per heavy atom. The SMILES string of the molecule is CC[C@H](C)[C@H](C)C(=O)Nc1ccc(-n2nn[nH]c2=O)cc1. The Bertz CT molecular complexity index is 659. The molecule has 1 aromatic carbocycles. The predicted octanol–water partition coefficient (Wildman–Crippen LogP) is 1.58. The molecule has 0 aliphatic heterocycles. The number of H-pyrrole nitrogens is 1.